The predicted molar refractivity (Wildman–Crippen MR) is 88.3 cm³/mol. The molecule has 1 aromatic carbocycles. The fourth-order valence-electron chi connectivity index (χ4n) is 2.19. The minimum atomic E-state index is 0.0967. The average molecular weight is 352 g/mol. The van der Waals surface area contributed by atoms with Crippen LogP contribution in [-0.2, 0) is 6.54 Å². The minimum Gasteiger partial charge on any atom is -0.468 e. The van der Waals surface area contributed by atoms with Crippen molar-refractivity contribution in [1.29, 1.82) is 0 Å². The standard InChI is InChI=1S/C16H15Cl2N3O2/c1-10(14-4-3-7-22-14)21(2)9-15-19-20-16(23-15)12-6-5-11(17)8-13(12)18/h3-8,10H,9H2,1-2H3. The van der Waals surface area contributed by atoms with Gasteiger partial charge >= 0.3 is 0 Å². The fraction of sp³-hybridized carbons (Fsp3) is 0.250. The fourth-order valence-corrected chi connectivity index (χ4v) is 2.68. The molecule has 0 amide bonds. The summed E-state index contributed by atoms with van der Waals surface area (Å²) in [5.41, 5.74) is 0.663. The molecule has 0 spiro atoms. The number of hydrogen-bond donors (Lipinski definition) is 0. The van der Waals surface area contributed by atoms with E-state index in [2.05, 4.69) is 15.1 Å². The molecular formula is C16H15Cl2N3O2. The Morgan fingerprint density at radius 2 is 2.04 bits per heavy atom. The number of rotatable bonds is 5. The van der Waals surface area contributed by atoms with E-state index in [-0.39, 0.29) is 6.04 Å². The van der Waals surface area contributed by atoms with Gasteiger partial charge in [0.2, 0.25) is 11.8 Å². The van der Waals surface area contributed by atoms with Crippen molar-refractivity contribution in [1.82, 2.24) is 15.1 Å². The second kappa shape index (κ2) is 6.74. The van der Waals surface area contributed by atoms with Gasteiger partial charge in [0.15, 0.2) is 0 Å². The summed E-state index contributed by atoms with van der Waals surface area (Å²) in [4.78, 5) is 2.06. The summed E-state index contributed by atoms with van der Waals surface area (Å²) in [6, 6.07) is 9.04. The molecule has 0 radical (unpaired) electrons. The first-order valence-corrected chi connectivity index (χ1v) is 7.81. The van der Waals surface area contributed by atoms with E-state index in [1.165, 1.54) is 0 Å². The number of nitrogens with zero attached hydrogens (tertiary/aromatic N) is 3. The Kier molecular flexibility index (Phi) is 4.71. The normalized spacial score (nSPS) is 12.7. The molecule has 1 unspecified atom stereocenters. The van der Waals surface area contributed by atoms with Crippen molar-refractivity contribution in [3.63, 3.8) is 0 Å². The molecule has 0 aliphatic heterocycles. The van der Waals surface area contributed by atoms with E-state index in [0.717, 1.165) is 5.76 Å². The summed E-state index contributed by atoms with van der Waals surface area (Å²) in [5, 5.41) is 9.17. The van der Waals surface area contributed by atoms with Crippen molar-refractivity contribution in [2.75, 3.05) is 7.05 Å². The van der Waals surface area contributed by atoms with Gasteiger partial charge in [0.25, 0.3) is 0 Å². The Morgan fingerprint density at radius 3 is 2.74 bits per heavy atom. The summed E-state index contributed by atoms with van der Waals surface area (Å²) >= 11 is 12.1. The Morgan fingerprint density at radius 1 is 1.22 bits per heavy atom. The highest BCUT2D eigenvalue weighted by Crippen LogP contribution is 2.30. The molecule has 0 saturated heterocycles. The first-order valence-electron chi connectivity index (χ1n) is 7.06. The third-order valence-corrected chi connectivity index (χ3v) is 4.18. The molecule has 0 saturated carbocycles. The lowest BCUT2D eigenvalue weighted by molar-refractivity contribution is 0.204. The van der Waals surface area contributed by atoms with Crippen molar-refractivity contribution in [2.45, 2.75) is 19.5 Å². The minimum absolute atomic E-state index is 0.0967. The molecule has 0 N–H and O–H groups in total. The summed E-state index contributed by atoms with van der Waals surface area (Å²) < 4.78 is 11.1. The largest absolute Gasteiger partial charge is 0.468 e. The quantitative estimate of drug-likeness (QED) is 0.658. The smallest absolute Gasteiger partial charge is 0.249 e. The summed E-state index contributed by atoms with van der Waals surface area (Å²) in [6.07, 6.45) is 1.66. The van der Waals surface area contributed by atoms with Crippen LogP contribution in [0.1, 0.15) is 24.6 Å². The summed E-state index contributed by atoms with van der Waals surface area (Å²) in [6.45, 7) is 2.55. The lowest BCUT2D eigenvalue weighted by atomic mass is 10.2. The number of aromatic nitrogens is 2. The van der Waals surface area contributed by atoms with E-state index in [9.17, 15) is 0 Å². The third kappa shape index (κ3) is 3.58. The first-order chi connectivity index (χ1) is 11.0. The Labute approximate surface area is 143 Å². The van der Waals surface area contributed by atoms with Gasteiger partial charge in [-0.1, -0.05) is 23.2 Å². The van der Waals surface area contributed by atoms with E-state index < -0.39 is 0 Å². The van der Waals surface area contributed by atoms with Crippen LogP contribution in [-0.4, -0.2) is 22.1 Å². The van der Waals surface area contributed by atoms with Crippen LogP contribution in [0.2, 0.25) is 10.0 Å². The molecule has 7 heteroatoms. The molecular weight excluding hydrogens is 337 g/mol. The molecule has 2 heterocycles. The molecule has 1 atom stereocenters. The van der Waals surface area contributed by atoms with Crippen LogP contribution in [0.4, 0.5) is 0 Å². The Bertz CT molecular complexity index is 786. The maximum absolute atomic E-state index is 6.16. The zero-order valence-electron chi connectivity index (χ0n) is 12.7. The second-order valence-corrected chi connectivity index (χ2v) is 6.08. The van der Waals surface area contributed by atoms with Crippen molar-refractivity contribution in [2.24, 2.45) is 0 Å². The van der Waals surface area contributed by atoms with Gasteiger partial charge in [0.05, 0.1) is 29.4 Å². The molecule has 3 aromatic rings. The molecule has 0 aliphatic rings. The van der Waals surface area contributed by atoms with Crippen LogP contribution >= 0.6 is 23.2 Å². The number of hydrogen-bond acceptors (Lipinski definition) is 5. The predicted octanol–water partition coefficient (Wildman–Crippen LogP) is 4.83. The highest BCUT2D eigenvalue weighted by Gasteiger charge is 2.18. The van der Waals surface area contributed by atoms with Gasteiger partial charge in [0.1, 0.15) is 5.76 Å². The van der Waals surface area contributed by atoms with Crippen molar-refractivity contribution in [3.8, 4) is 11.5 Å². The Balaban J connectivity index is 1.74. The van der Waals surface area contributed by atoms with Crippen molar-refractivity contribution < 1.29 is 8.83 Å². The van der Waals surface area contributed by atoms with Crippen molar-refractivity contribution in [3.05, 3.63) is 58.3 Å². The van der Waals surface area contributed by atoms with Gasteiger partial charge in [-0.3, -0.25) is 4.90 Å². The molecule has 23 heavy (non-hydrogen) atoms. The zero-order valence-corrected chi connectivity index (χ0v) is 14.2. The van der Waals surface area contributed by atoms with Gasteiger partial charge in [0, 0.05) is 5.02 Å². The molecule has 2 aromatic heterocycles. The number of furan rings is 1. The highest BCUT2D eigenvalue weighted by molar-refractivity contribution is 6.36. The van der Waals surface area contributed by atoms with Gasteiger partial charge < -0.3 is 8.83 Å². The topological polar surface area (TPSA) is 55.3 Å². The number of benzene rings is 1. The maximum atomic E-state index is 6.16. The van der Waals surface area contributed by atoms with Gasteiger partial charge in [-0.15, -0.1) is 10.2 Å². The maximum Gasteiger partial charge on any atom is 0.249 e. The third-order valence-electron chi connectivity index (χ3n) is 3.63. The van der Waals surface area contributed by atoms with Gasteiger partial charge in [-0.2, -0.15) is 0 Å². The van der Waals surface area contributed by atoms with Crippen LogP contribution < -0.4 is 0 Å². The van der Waals surface area contributed by atoms with Gasteiger partial charge in [-0.05, 0) is 44.3 Å². The summed E-state index contributed by atoms with van der Waals surface area (Å²) in [5.74, 6) is 1.76. The van der Waals surface area contributed by atoms with Crippen LogP contribution in [0.5, 0.6) is 0 Å². The monoisotopic (exact) mass is 351 g/mol. The van der Waals surface area contributed by atoms with Gasteiger partial charge in [-0.25, -0.2) is 0 Å². The van der Waals surface area contributed by atoms with E-state index in [4.69, 9.17) is 32.0 Å². The van der Waals surface area contributed by atoms with Crippen LogP contribution in [0.25, 0.3) is 11.5 Å². The first kappa shape index (κ1) is 16.1. The lowest BCUT2D eigenvalue weighted by Gasteiger charge is -2.20. The molecule has 0 aliphatic carbocycles. The molecule has 3 rings (SSSR count). The highest BCUT2D eigenvalue weighted by atomic mass is 35.5. The SMILES string of the molecule is CC(c1ccco1)N(C)Cc1nnc(-c2ccc(Cl)cc2Cl)o1. The Hall–Kier alpha value is -1.82. The zero-order chi connectivity index (χ0) is 16.4. The number of halogens is 2. The molecule has 5 nitrogen and oxygen atoms in total. The second-order valence-electron chi connectivity index (χ2n) is 5.23. The summed E-state index contributed by atoms with van der Waals surface area (Å²) in [7, 11) is 1.96. The molecule has 120 valence electrons. The average Bonchev–Trinajstić information content (AvgIpc) is 3.18. The van der Waals surface area contributed by atoms with Crippen LogP contribution in [0, 0.1) is 0 Å². The van der Waals surface area contributed by atoms with E-state index in [1.54, 1.807) is 24.5 Å². The lowest BCUT2D eigenvalue weighted by Crippen LogP contribution is -2.21. The molecule has 0 fully saturated rings. The van der Waals surface area contributed by atoms with Crippen LogP contribution in [0.3, 0.4) is 0 Å². The van der Waals surface area contributed by atoms with E-state index in [0.29, 0.717) is 33.9 Å². The van der Waals surface area contributed by atoms with Crippen molar-refractivity contribution >= 4 is 23.2 Å². The van der Waals surface area contributed by atoms with Crippen LogP contribution in [0.15, 0.2) is 45.4 Å². The molecule has 0 bridgehead atoms. The van der Waals surface area contributed by atoms with E-state index >= 15 is 0 Å². The van der Waals surface area contributed by atoms with E-state index in [1.807, 2.05) is 26.1 Å².